The van der Waals surface area contributed by atoms with E-state index in [0.717, 1.165) is 16.7 Å². The summed E-state index contributed by atoms with van der Waals surface area (Å²) in [4.78, 5) is 14.1. The summed E-state index contributed by atoms with van der Waals surface area (Å²) in [5, 5.41) is 0.610. The Morgan fingerprint density at radius 1 is 0.522 bits per heavy atom. The Kier molecular flexibility index (Phi) is 13.0. The molecule has 0 saturated carbocycles. The summed E-state index contributed by atoms with van der Waals surface area (Å²) in [5.74, 6) is 2.76. The van der Waals surface area contributed by atoms with E-state index in [2.05, 4.69) is 0 Å². The van der Waals surface area contributed by atoms with Gasteiger partial charge >= 0.3 is 18.9 Å². The minimum atomic E-state index is -0.389. The maximum Gasteiger partial charge on any atom is 1.00 e. The van der Waals surface area contributed by atoms with E-state index in [4.69, 9.17) is 28.4 Å². The Morgan fingerprint density at radius 3 is 1.30 bits per heavy atom. The fourth-order valence-corrected chi connectivity index (χ4v) is 5.75. The molecule has 46 heavy (non-hydrogen) atoms. The Bertz CT molecular complexity index is 1610. The molecule has 0 aliphatic heterocycles. The van der Waals surface area contributed by atoms with Gasteiger partial charge in [-0.1, -0.05) is 91.0 Å². The molecule has 0 fully saturated rings. The van der Waals surface area contributed by atoms with Gasteiger partial charge in [-0.15, -0.1) is 0 Å². The molecular weight excluding hydrogens is 594 g/mol. The fourth-order valence-electron chi connectivity index (χ4n) is 4.62. The minimum Gasteiger partial charge on any atom is -0.496 e. The van der Waals surface area contributed by atoms with Gasteiger partial charge < -0.3 is 28.4 Å². The second-order valence-electron chi connectivity index (χ2n) is 9.98. The van der Waals surface area contributed by atoms with Gasteiger partial charge in [0.05, 0.1) is 26.6 Å². The van der Waals surface area contributed by atoms with Crippen molar-refractivity contribution in [1.82, 2.24) is 0 Å². The first-order valence-corrected chi connectivity index (χ1v) is 15.4. The third kappa shape index (κ3) is 9.08. The number of ether oxygens (including phenoxy) is 6. The van der Waals surface area contributed by atoms with E-state index in [1.807, 2.05) is 103 Å². The van der Waals surface area contributed by atoms with Gasteiger partial charge in [0.25, 0.3) is 0 Å². The van der Waals surface area contributed by atoms with Gasteiger partial charge in [-0.3, -0.25) is 4.79 Å². The van der Waals surface area contributed by atoms with Gasteiger partial charge in [-0.25, -0.2) is 0 Å². The molecule has 5 aromatic rings. The normalized spacial score (nSPS) is 10.6. The summed E-state index contributed by atoms with van der Waals surface area (Å²) in [6, 6.07) is 36.6. The molecule has 5 rings (SSSR count). The second kappa shape index (κ2) is 17.3. The van der Waals surface area contributed by atoms with Crippen molar-refractivity contribution in [1.29, 1.82) is 0 Å². The smallest absolute Gasteiger partial charge is 0.496 e. The predicted octanol–water partition coefficient (Wildman–Crippen LogP) is 4.60. The van der Waals surface area contributed by atoms with Crippen molar-refractivity contribution in [2.45, 2.75) is 19.8 Å². The Morgan fingerprint density at radius 2 is 0.913 bits per heavy atom. The van der Waals surface area contributed by atoms with Crippen LogP contribution in [0.4, 0.5) is 0 Å². The summed E-state index contributed by atoms with van der Waals surface area (Å²) in [6.07, 6.45) is 0. The molecule has 1 unspecified atom stereocenters. The molecule has 0 heterocycles. The zero-order valence-corrected chi connectivity index (χ0v) is 27.4. The van der Waals surface area contributed by atoms with Crippen LogP contribution >= 0.6 is 8.58 Å². The largest absolute Gasteiger partial charge is 1.00 e. The van der Waals surface area contributed by atoms with Gasteiger partial charge in [0.2, 0.25) is 0 Å². The molecule has 0 spiro atoms. The molecule has 0 amide bonds. The average Bonchev–Trinajstić information content (AvgIpc) is 3.10. The molecule has 0 aliphatic carbocycles. The summed E-state index contributed by atoms with van der Waals surface area (Å²) in [6.45, 7) is 0.946. The Hall–Kier alpha value is -4.40. The Labute approximate surface area is 283 Å². The van der Waals surface area contributed by atoms with Crippen molar-refractivity contribution in [2.24, 2.45) is 0 Å². The molecule has 0 bridgehead atoms. The molecule has 1 atom stereocenters. The van der Waals surface area contributed by atoms with Crippen molar-refractivity contribution in [3.8, 4) is 34.5 Å². The molecule has 0 radical (unpaired) electrons. The van der Waals surface area contributed by atoms with E-state index in [0.29, 0.717) is 65.2 Å². The van der Waals surface area contributed by atoms with Crippen LogP contribution in [0.15, 0.2) is 115 Å². The molecular formula is C37H35LiO7P+. The molecule has 0 aliphatic rings. The van der Waals surface area contributed by atoms with Crippen molar-refractivity contribution >= 4 is 19.4 Å². The van der Waals surface area contributed by atoms with E-state index in [-0.39, 0.29) is 33.0 Å². The topological polar surface area (TPSA) is 72.5 Å². The van der Waals surface area contributed by atoms with Crippen LogP contribution in [0.5, 0.6) is 34.5 Å². The number of hydrogen-bond acceptors (Lipinski definition) is 7. The van der Waals surface area contributed by atoms with E-state index in [9.17, 15) is 4.79 Å². The summed E-state index contributed by atoms with van der Waals surface area (Å²) in [7, 11) is 4.18. The van der Waals surface area contributed by atoms with Crippen LogP contribution < -0.4 is 52.6 Å². The molecule has 7 nitrogen and oxygen atoms in total. The number of carbonyl (C=O) groups is 1. The van der Waals surface area contributed by atoms with Crippen LogP contribution in [0.2, 0.25) is 0 Å². The molecule has 230 valence electrons. The van der Waals surface area contributed by atoms with E-state index in [1.165, 1.54) is 14.2 Å². The van der Waals surface area contributed by atoms with Gasteiger partial charge in [0.15, 0.2) is 5.52 Å². The number of rotatable bonds is 15. The van der Waals surface area contributed by atoms with Crippen LogP contribution in [0, 0.1) is 0 Å². The van der Waals surface area contributed by atoms with Crippen molar-refractivity contribution < 1.29 is 52.1 Å². The standard InChI is InChI=1S/C37H35O7P.Li/c1-39-29-19-31(40-2)35(32(20-29)41-3)37(38)45-36-33(43-24-27-15-9-5-10-16-27)21-30(42-23-26-13-7-4-8-14-26)22-34(36)44-25-28-17-11-6-12-18-28;/h4-22,45H,23-25H2,1-3H3;/q;+1. The van der Waals surface area contributed by atoms with Crippen LogP contribution in [-0.2, 0) is 19.8 Å². The van der Waals surface area contributed by atoms with Gasteiger partial charge in [0, 0.05) is 24.3 Å². The van der Waals surface area contributed by atoms with Crippen LogP contribution in [0.1, 0.15) is 27.0 Å². The number of carbonyl (C=O) groups excluding carboxylic acids is 1. The molecule has 0 saturated heterocycles. The first-order chi connectivity index (χ1) is 22.1. The first-order valence-electron chi connectivity index (χ1n) is 14.4. The van der Waals surface area contributed by atoms with Gasteiger partial charge in [0.1, 0.15) is 59.9 Å². The number of hydrogen-bond donors (Lipinski definition) is 0. The van der Waals surface area contributed by atoms with Gasteiger partial charge in [-0.05, 0) is 25.3 Å². The van der Waals surface area contributed by atoms with Crippen LogP contribution in [0.3, 0.4) is 0 Å². The summed E-state index contributed by atoms with van der Waals surface area (Å²) in [5.41, 5.74) is 3.10. The number of benzene rings is 5. The van der Waals surface area contributed by atoms with E-state index >= 15 is 0 Å². The van der Waals surface area contributed by atoms with E-state index < -0.39 is 0 Å². The van der Waals surface area contributed by atoms with E-state index in [1.54, 1.807) is 19.2 Å². The maximum atomic E-state index is 14.1. The molecule has 9 heteroatoms. The molecule has 5 aromatic carbocycles. The third-order valence-corrected chi connectivity index (χ3v) is 8.16. The fraction of sp³-hybridized carbons (Fsp3) is 0.162. The zero-order valence-electron chi connectivity index (χ0n) is 26.4. The van der Waals surface area contributed by atoms with Crippen molar-refractivity contribution in [3.63, 3.8) is 0 Å². The minimum absolute atomic E-state index is 0. The van der Waals surface area contributed by atoms with Crippen molar-refractivity contribution in [2.75, 3.05) is 21.3 Å². The zero-order chi connectivity index (χ0) is 31.4. The SMILES string of the molecule is COc1cc(OC)c(C(=O)Pc2c(OCc3ccccc3)cc(OCc3ccccc3)cc2OCc2ccccc2)c(OC)c1.[Li+]. The predicted molar refractivity (Wildman–Crippen MR) is 177 cm³/mol. The quantitative estimate of drug-likeness (QED) is 0.124. The van der Waals surface area contributed by atoms with Gasteiger partial charge in [-0.2, -0.15) is 0 Å². The molecule has 0 N–H and O–H groups in total. The average molecular weight is 630 g/mol. The monoisotopic (exact) mass is 629 g/mol. The second-order valence-corrected chi connectivity index (χ2v) is 11.2. The van der Waals surface area contributed by atoms with Crippen LogP contribution in [0.25, 0.3) is 0 Å². The maximum absolute atomic E-state index is 14.1. The summed E-state index contributed by atoms with van der Waals surface area (Å²) < 4.78 is 35.6. The number of methoxy groups -OCH3 is 3. The van der Waals surface area contributed by atoms with Crippen LogP contribution in [-0.4, -0.2) is 26.9 Å². The summed E-state index contributed by atoms with van der Waals surface area (Å²) >= 11 is 0. The third-order valence-electron chi connectivity index (χ3n) is 6.94. The van der Waals surface area contributed by atoms with Crippen molar-refractivity contribution in [3.05, 3.63) is 138 Å². The molecule has 0 aromatic heterocycles. The first kappa shape index (κ1) is 34.5. The Balaban J connectivity index is 0.00000480.